The molecule has 75 heavy (non-hydrogen) atoms. The van der Waals surface area contributed by atoms with Gasteiger partial charge < -0.3 is 47.4 Å². The maximum atomic E-state index is 15.1. The molecule has 1 aliphatic rings. The van der Waals surface area contributed by atoms with Gasteiger partial charge in [-0.2, -0.15) is 5.10 Å². The van der Waals surface area contributed by atoms with Crippen LogP contribution in [0.5, 0.6) is 0 Å². The average Bonchev–Trinajstić information content (AvgIpc) is 3.91. The lowest BCUT2D eigenvalue weighted by molar-refractivity contribution is -0.142. The number of rotatable bonds is 29. The number of nitrogens with one attached hydrogen (secondary N) is 5. The van der Waals surface area contributed by atoms with E-state index in [1.54, 1.807) is 20.0 Å². The lowest BCUT2D eigenvalue weighted by Crippen LogP contribution is -2.56. The van der Waals surface area contributed by atoms with Crippen molar-refractivity contribution in [3.05, 3.63) is 95.3 Å². The number of imide groups is 1. The van der Waals surface area contributed by atoms with Crippen molar-refractivity contribution in [3.63, 3.8) is 0 Å². The van der Waals surface area contributed by atoms with E-state index in [4.69, 9.17) is 10.8 Å². The number of benzene rings is 2. The Kier molecular flexibility index (Phi) is 22.7. The van der Waals surface area contributed by atoms with E-state index in [-0.39, 0.29) is 75.3 Å². The summed E-state index contributed by atoms with van der Waals surface area (Å²) in [7, 11) is 0. The van der Waals surface area contributed by atoms with E-state index < -0.39 is 95.3 Å². The summed E-state index contributed by atoms with van der Waals surface area (Å²) < 4.78 is 30.7. The van der Waals surface area contributed by atoms with Gasteiger partial charge in [0.25, 0.3) is 11.8 Å². The van der Waals surface area contributed by atoms with Gasteiger partial charge in [-0.25, -0.2) is 18.3 Å². The summed E-state index contributed by atoms with van der Waals surface area (Å²) in [6, 6.07) is 6.49. The second kappa shape index (κ2) is 28.3. The lowest BCUT2D eigenvalue weighted by Gasteiger charge is -2.40. The first-order valence-electron chi connectivity index (χ1n) is 24.9. The molecule has 1 aliphatic heterocycles. The van der Waals surface area contributed by atoms with Crippen molar-refractivity contribution in [1.29, 1.82) is 0 Å². The van der Waals surface area contributed by atoms with Crippen molar-refractivity contribution in [1.82, 2.24) is 46.2 Å². The number of nitrogens with two attached hydrogens (primary N) is 1. The van der Waals surface area contributed by atoms with Crippen LogP contribution in [-0.2, 0) is 49.6 Å². The van der Waals surface area contributed by atoms with Crippen LogP contribution >= 0.6 is 0 Å². The third-order valence-corrected chi connectivity index (χ3v) is 12.3. The standard InChI is InChI=1S/C52H70F2N10O11/c1-31(2)45(60-41(67)15-11-8-12-25-62-42(68)20-21-43(62)69)50(73)58-32(3)48(71)59-38(51(74)75)18-19-40(66)56-23-24-57-49(72)37(55)22-26-63(44(70)30-65)47(52(4,5)6)46-34(27-33-13-9-7-10-14-33)29-64(61-46)39-28-35(53)16-17-36(39)54/h7,9-10,13-14,16-17,20-21,28-29,31-32,37-38,45,47,65H,8,11-12,15,18-19,22-27,30,55H2,1-6H3,(H,56,66)(H,57,72)(H,58,73)(H,59,71)(H,60,67)(H,74,75)/t32?,37?,38?,45-,47?/m0/s1. The van der Waals surface area contributed by atoms with Crippen LogP contribution in [0.15, 0.2) is 66.9 Å². The molecule has 3 aromatic rings. The van der Waals surface area contributed by atoms with Crippen molar-refractivity contribution in [2.45, 2.75) is 123 Å². The summed E-state index contributed by atoms with van der Waals surface area (Å²) in [4.78, 5) is 116. The van der Waals surface area contributed by atoms with E-state index >= 15 is 4.39 Å². The maximum Gasteiger partial charge on any atom is 0.326 e. The SMILES string of the molecule is CC(NC(=O)[C@@H](NC(=O)CCCCCN1C(=O)C=CC1=O)C(C)C)C(=O)NC(CCC(=O)NCCNC(=O)C(N)CCN(C(=O)CO)C(c1nn(-c2cc(F)ccc2F)cc1Cc1ccccc1)C(C)(C)C)C(=O)O. The van der Waals surface area contributed by atoms with Gasteiger partial charge in [-0.05, 0) is 61.6 Å². The number of amides is 8. The maximum absolute atomic E-state index is 15.1. The molecule has 0 aliphatic carbocycles. The zero-order valence-corrected chi connectivity index (χ0v) is 43.2. The van der Waals surface area contributed by atoms with E-state index in [1.165, 1.54) is 28.7 Å². The van der Waals surface area contributed by atoms with Gasteiger partial charge in [0.05, 0.1) is 17.8 Å². The zero-order chi connectivity index (χ0) is 55.6. The number of aromatic nitrogens is 2. The Balaban J connectivity index is 1.25. The number of nitrogens with zero attached hydrogens (tertiary/aromatic N) is 4. The quantitative estimate of drug-likeness (QED) is 0.0366. The number of hydrogen-bond acceptors (Lipinski definition) is 12. The van der Waals surface area contributed by atoms with Gasteiger partial charge in [-0.3, -0.25) is 43.3 Å². The third kappa shape index (κ3) is 18.2. The van der Waals surface area contributed by atoms with E-state index in [0.717, 1.165) is 28.7 Å². The third-order valence-electron chi connectivity index (χ3n) is 12.3. The van der Waals surface area contributed by atoms with Crippen LogP contribution in [0.1, 0.15) is 109 Å². The number of halogens is 2. The average molecular weight is 1050 g/mol. The van der Waals surface area contributed by atoms with E-state index in [9.17, 15) is 57.8 Å². The molecule has 8 amide bonds. The van der Waals surface area contributed by atoms with Gasteiger partial charge in [0.1, 0.15) is 42.1 Å². The van der Waals surface area contributed by atoms with Gasteiger partial charge in [-0.1, -0.05) is 71.4 Å². The van der Waals surface area contributed by atoms with Gasteiger partial charge in [0.15, 0.2) is 0 Å². The van der Waals surface area contributed by atoms with Crippen molar-refractivity contribution >= 4 is 53.2 Å². The summed E-state index contributed by atoms with van der Waals surface area (Å²) in [5, 5.41) is 37.3. The molecule has 5 atom stereocenters. The molecule has 1 aromatic heterocycles. The Morgan fingerprint density at radius 3 is 2.09 bits per heavy atom. The largest absolute Gasteiger partial charge is 0.480 e. The Labute approximate surface area is 434 Å². The Morgan fingerprint density at radius 1 is 0.800 bits per heavy atom. The zero-order valence-electron chi connectivity index (χ0n) is 43.2. The monoisotopic (exact) mass is 1050 g/mol. The van der Waals surface area contributed by atoms with Crippen molar-refractivity contribution in [2.75, 3.05) is 32.8 Å². The van der Waals surface area contributed by atoms with Crippen LogP contribution in [0, 0.1) is 23.0 Å². The first-order valence-corrected chi connectivity index (χ1v) is 24.9. The number of carboxylic acid groups (broad SMARTS) is 1. The van der Waals surface area contributed by atoms with Gasteiger partial charge in [-0.15, -0.1) is 0 Å². The van der Waals surface area contributed by atoms with Crippen LogP contribution in [-0.4, -0.2) is 140 Å². The number of carbonyl (C=O) groups excluding carboxylic acids is 8. The fourth-order valence-electron chi connectivity index (χ4n) is 8.28. The molecule has 0 spiro atoms. The van der Waals surface area contributed by atoms with Crippen LogP contribution in [0.3, 0.4) is 0 Å². The number of aliphatic hydroxyl groups excluding tert-OH is 1. The predicted octanol–water partition coefficient (Wildman–Crippen LogP) is 2.08. The molecule has 21 nitrogen and oxygen atoms in total. The highest BCUT2D eigenvalue weighted by atomic mass is 19.1. The molecule has 23 heteroatoms. The summed E-state index contributed by atoms with van der Waals surface area (Å²) in [5.41, 5.74) is 7.19. The predicted molar refractivity (Wildman–Crippen MR) is 270 cm³/mol. The second-order valence-corrected chi connectivity index (χ2v) is 19.7. The Morgan fingerprint density at radius 2 is 1.47 bits per heavy atom. The summed E-state index contributed by atoms with van der Waals surface area (Å²) in [5.74, 6) is -7.88. The second-order valence-electron chi connectivity index (χ2n) is 19.7. The topological polar surface area (TPSA) is 305 Å². The van der Waals surface area contributed by atoms with Crippen molar-refractivity contribution in [3.8, 4) is 5.69 Å². The molecule has 0 bridgehead atoms. The van der Waals surface area contributed by atoms with Crippen molar-refractivity contribution in [2.24, 2.45) is 17.1 Å². The molecule has 2 aromatic carbocycles. The summed E-state index contributed by atoms with van der Waals surface area (Å²) in [6.45, 7) is 9.29. The first kappa shape index (κ1) is 60.2. The highest BCUT2D eigenvalue weighted by molar-refractivity contribution is 6.12. The van der Waals surface area contributed by atoms with Crippen molar-refractivity contribution < 1.29 is 62.1 Å². The number of aliphatic hydroxyl groups is 1. The fraction of sp³-hybridized carbons (Fsp3) is 0.500. The number of carboxylic acids is 1. The van der Waals surface area contributed by atoms with E-state index in [1.807, 2.05) is 51.1 Å². The van der Waals surface area contributed by atoms with Gasteiger partial charge in [0.2, 0.25) is 35.4 Å². The normalized spacial score (nSPS) is 14.4. The molecule has 408 valence electrons. The molecular weight excluding hydrogens is 979 g/mol. The first-order chi connectivity index (χ1) is 35.4. The molecule has 0 saturated carbocycles. The molecule has 4 rings (SSSR count). The van der Waals surface area contributed by atoms with Gasteiger partial charge >= 0.3 is 5.97 Å². The van der Waals surface area contributed by atoms with Crippen LogP contribution in [0.25, 0.3) is 5.69 Å². The molecule has 2 heterocycles. The van der Waals surface area contributed by atoms with E-state index in [0.29, 0.717) is 36.9 Å². The highest BCUT2D eigenvalue weighted by Gasteiger charge is 2.39. The number of unbranched alkanes of at least 4 members (excludes halogenated alkanes) is 2. The van der Waals surface area contributed by atoms with Crippen LogP contribution < -0.4 is 32.3 Å². The minimum absolute atomic E-state index is 0.0696. The minimum Gasteiger partial charge on any atom is -0.480 e. The Bertz CT molecular complexity index is 2530. The molecule has 0 saturated heterocycles. The lowest BCUT2D eigenvalue weighted by atomic mass is 9.81. The Hall–Kier alpha value is -7.40. The molecule has 0 radical (unpaired) electrons. The van der Waals surface area contributed by atoms with E-state index in [2.05, 4.69) is 26.6 Å². The summed E-state index contributed by atoms with van der Waals surface area (Å²) in [6.07, 6.45) is 5.06. The summed E-state index contributed by atoms with van der Waals surface area (Å²) >= 11 is 0. The number of carbonyl (C=O) groups is 9. The highest BCUT2D eigenvalue weighted by Crippen LogP contribution is 2.40. The minimum atomic E-state index is -1.52. The molecule has 0 fully saturated rings. The van der Waals surface area contributed by atoms with Crippen LogP contribution in [0.2, 0.25) is 0 Å². The molecule has 4 unspecified atom stereocenters. The van der Waals surface area contributed by atoms with Crippen LogP contribution in [0.4, 0.5) is 8.78 Å². The van der Waals surface area contributed by atoms with Gasteiger partial charge in [0, 0.05) is 75.4 Å². The fourth-order valence-corrected chi connectivity index (χ4v) is 8.28. The number of aliphatic carboxylic acids is 1. The molecule has 9 N–H and O–H groups in total. The smallest absolute Gasteiger partial charge is 0.326 e. The molecular formula is C52H70F2N10O11. The number of hydrogen-bond donors (Lipinski definition) is 8.